The van der Waals surface area contributed by atoms with E-state index in [0.717, 1.165) is 10.5 Å². The molecule has 4 heterocycles. The molecule has 12 heteroatoms. The van der Waals surface area contributed by atoms with Crippen LogP contribution in [0.1, 0.15) is 32.3 Å². The van der Waals surface area contributed by atoms with Crippen LogP contribution in [-0.2, 0) is 33.3 Å². The van der Waals surface area contributed by atoms with Crippen molar-refractivity contribution >= 4 is 35.3 Å². The number of ketones is 2. The monoisotopic (exact) mass is 571 g/mol. The molecule has 6 rings (SSSR count). The Bertz CT molecular complexity index is 1320. The molecule has 0 radical (unpaired) electrons. The third-order valence-electron chi connectivity index (χ3n) is 8.84. The number of thioether (sulfide) groups is 1. The third-order valence-corrected chi connectivity index (χ3v) is 10.0. The van der Waals surface area contributed by atoms with E-state index in [0.29, 0.717) is 6.54 Å². The van der Waals surface area contributed by atoms with Crippen molar-refractivity contribution in [3.05, 3.63) is 41.1 Å². The van der Waals surface area contributed by atoms with Crippen molar-refractivity contribution < 1.29 is 38.1 Å². The Kier molecular flexibility index (Phi) is 6.52. The molecule has 2 amide bonds. The molecule has 1 aromatic carbocycles. The highest BCUT2D eigenvalue weighted by Crippen LogP contribution is 2.61. The van der Waals surface area contributed by atoms with Crippen LogP contribution in [0.5, 0.6) is 0 Å². The van der Waals surface area contributed by atoms with E-state index in [1.807, 2.05) is 18.2 Å². The van der Waals surface area contributed by atoms with Crippen molar-refractivity contribution in [2.24, 2.45) is 17.6 Å². The lowest BCUT2D eigenvalue weighted by molar-refractivity contribution is -0.197. The number of nitrogens with two attached hydrogens (primary N) is 1. The van der Waals surface area contributed by atoms with Crippen molar-refractivity contribution in [2.75, 3.05) is 39.2 Å². The fourth-order valence-corrected chi connectivity index (χ4v) is 8.57. The first kappa shape index (κ1) is 27.3. The highest BCUT2D eigenvalue weighted by Gasteiger charge is 2.79. The van der Waals surface area contributed by atoms with Crippen LogP contribution in [0.2, 0.25) is 0 Å². The molecule has 3 fully saturated rings. The van der Waals surface area contributed by atoms with Gasteiger partial charge in [-0.05, 0) is 17.5 Å². The van der Waals surface area contributed by atoms with Crippen molar-refractivity contribution in [3.63, 3.8) is 0 Å². The SMILES string of the molecule is CO[C@@]12[C@H](COC(N)=O)C3=C(C(=O)C(CSc4ccccc4C(C)C)C4(OCCO4)C3=O)N1C[C@H]1[C@@H]2N1C(C)=O. The summed E-state index contributed by atoms with van der Waals surface area (Å²) in [7, 11) is 1.48. The lowest BCUT2D eigenvalue weighted by Crippen LogP contribution is -2.56. The number of rotatable bonds is 7. The van der Waals surface area contributed by atoms with Crippen molar-refractivity contribution in [1.29, 1.82) is 0 Å². The molecule has 1 spiro atoms. The van der Waals surface area contributed by atoms with E-state index in [1.54, 1.807) is 9.80 Å². The van der Waals surface area contributed by atoms with Crippen molar-refractivity contribution in [3.8, 4) is 0 Å². The van der Waals surface area contributed by atoms with Crippen LogP contribution in [-0.4, -0.2) is 96.2 Å². The van der Waals surface area contributed by atoms with Gasteiger partial charge in [0.25, 0.3) is 0 Å². The molecular weight excluding hydrogens is 538 g/mol. The number of carbonyl (C=O) groups is 4. The molecule has 11 nitrogen and oxygen atoms in total. The molecule has 1 aromatic rings. The molecule has 2 N–H and O–H groups in total. The maximum absolute atomic E-state index is 14.5. The second kappa shape index (κ2) is 9.57. The van der Waals surface area contributed by atoms with Crippen LogP contribution < -0.4 is 5.73 Å². The predicted molar refractivity (Wildman–Crippen MR) is 142 cm³/mol. The first-order valence-electron chi connectivity index (χ1n) is 13.5. The molecular formula is C28H33N3O8S. The minimum atomic E-state index is -1.79. The van der Waals surface area contributed by atoms with Crippen molar-refractivity contribution in [2.45, 2.75) is 55.2 Å². The summed E-state index contributed by atoms with van der Waals surface area (Å²) in [5, 5.41) is 0. The number of ether oxygens (including phenoxy) is 4. The summed E-state index contributed by atoms with van der Waals surface area (Å²) in [5.74, 6) is -3.96. The number of benzene rings is 1. The Morgan fingerprint density at radius 3 is 2.50 bits per heavy atom. The van der Waals surface area contributed by atoms with E-state index in [1.165, 1.54) is 25.8 Å². The lowest BCUT2D eigenvalue weighted by Gasteiger charge is -2.41. The Morgan fingerprint density at radius 1 is 1.18 bits per heavy atom. The van der Waals surface area contributed by atoms with Gasteiger partial charge in [0.05, 0.1) is 36.8 Å². The molecule has 0 bridgehead atoms. The summed E-state index contributed by atoms with van der Waals surface area (Å²) < 4.78 is 23.4. The largest absolute Gasteiger partial charge is 0.449 e. The fourth-order valence-electron chi connectivity index (χ4n) is 7.20. The van der Waals surface area contributed by atoms with E-state index in [9.17, 15) is 19.2 Å². The summed E-state index contributed by atoms with van der Waals surface area (Å²) in [5.41, 5.74) is 5.56. The fraction of sp³-hybridized carbons (Fsp3) is 0.571. The highest BCUT2D eigenvalue weighted by atomic mass is 32.2. The minimum Gasteiger partial charge on any atom is -0.449 e. The van der Waals surface area contributed by atoms with Gasteiger partial charge < -0.3 is 34.5 Å². The second-order valence-corrected chi connectivity index (χ2v) is 12.1. The van der Waals surface area contributed by atoms with E-state index in [4.69, 9.17) is 24.7 Å². The topological polar surface area (TPSA) is 137 Å². The van der Waals surface area contributed by atoms with Gasteiger partial charge in [-0.1, -0.05) is 32.0 Å². The summed E-state index contributed by atoms with van der Waals surface area (Å²) in [6.07, 6.45) is -1.02. The number of hydrogen-bond donors (Lipinski definition) is 1. The van der Waals surface area contributed by atoms with E-state index >= 15 is 0 Å². The number of piperazine rings is 1. The zero-order valence-electron chi connectivity index (χ0n) is 22.9. The number of hydrogen-bond acceptors (Lipinski definition) is 10. The standard InChI is InChI=1S/C28H33N3O8S/c1-14(2)16-7-5-6-8-20(16)40-13-18-23(33)22-21(25(34)28(18)38-9-10-39-28)17(12-37-26(29)35)27(36-4)24-19(11-30(22)27)31(24)15(3)32/h5-8,14,17-19,24H,9-13H2,1-4H3,(H2,29,35)/t17-,18?,19+,24+,27-,31?/m1/s1. The van der Waals surface area contributed by atoms with Crippen LogP contribution in [0.3, 0.4) is 0 Å². The molecule has 4 aliphatic heterocycles. The maximum atomic E-state index is 14.5. The number of methoxy groups -OCH3 is 1. The zero-order valence-corrected chi connectivity index (χ0v) is 23.7. The number of carbonyl (C=O) groups excluding carboxylic acids is 4. The predicted octanol–water partition coefficient (Wildman–Crippen LogP) is 1.65. The first-order chi connectivity index (χ1) is 19.1. The first-order valence-corrected chi connectivity index (χ1v) is 14.4. The number of fused-ring (bicyclic) bond motifs is 4. The summed E-state index contributed by atoms with van der Waals surface area (Å²) >= 11 is 1.50. The van der Waals surface area contributed by atoms with Gasteiger partial charge in [0.15, 0.2) is 11.5 Å². The van der Waals surface area contributed by atoms with Gasteiger partial charge in [0, 0.05) is 36.8 Å². The molecule has 5 atom stereocenters. The minimum absolute atomic E-state index is 0.139. The molecule has 1 aliphatic carbocycles. The van der Waals surface area contributed by atoms with Crippen LogP contribution in [0, 0.1) is 11.8 Å². The van der Waals surface area contributed by atoms with Crippen LogP contribution in [0.15, 0.2) is 40.4 Å². The number of allylic oxidation sites excluding steroid dienone is 1. The normalized spacial score (nSPS) is 31.6. The van der Waals surface area contributed by atoms with Gasteiger partial charge in [-0.15, -0.1) is 11.8 Å². The summed E-state index contributed by atoms with van der Waals surface area (Å²) in [6.45, 7) is 6.02. The molecule has 5 aliphatic rings. The summed E-state index contributed by atoms with van der Waals surface area (Å²) in [4.78, 5) is 57.5. The van der Waals surface area contributed by atoms with E-state index in [2.05, 4.69) is 19.9 Å². The van der Waals surface area contributed by atoms with Gasteiger partial charge in [0.1, 0.15) is 12.6 Å². The smallest absolute Gasteiger partial charge is 0.404 e. The second-order valence-electron chi connectivity index (χ2n) is 11.1. The molecule has 214 valence electrons. The Labute approximate surface area is 236 Å². The molecule has 3 saturated heterocycles. The average molecular weight is 572 g/mol. The molecule has 1 unspecified atom stereocenters. The molecule has 0 aromatic heterocycles. The Balaban J connectivity index is 1.42. The van der Waals surface area contributed by atoms with E-state index < -0.39 is 41.3 Å². The van der Waals surface area contributed by atoms with Gasteiger partial charge >= 0.3 is 6.09 Å². The van der Waals surface area contributed by atoms with Crippen LogP contribution >= 0.6 is 11.8 Å². The van der Waals surface area contributed by atoms with Gasteiger partial charge in [-0.3, -0.25) is 14.4 Å². The van der Waals surface area contributed by atoms with Gasteiger partial charge in [-0.2, -0.15) is 0 Å². The molecule has 0 saturated carbocycles. The Hall–Kier alpha value is -2.93. The number of Topliss-reactive ketones (excluding diaryl/α,β-unsaturated/α-hetero) is 2. The summed E-state index contributed by atoms with van der Waals surface area (Å²) in [6, 6.07) is 7.39. The maximum Gasteiger partial charge on any atom is 0.404 e. The number of primary amides is 1. The zero-order chi connectivity index (χ0) is 28.6. The van der Waals surface area contributed by atoms with Crippen molar-refractivity contribution in [1.82, 2.24) is 9.80 Å². The van der Waals surface area contributed by atoms with Crippen LogP contribution in [0.4, 0.5) is 4.79 Å². The van der Waals surface area contributed by atoms with Gasteiger partial charge in [-0.25, -0.2) is 4.79 Å². The quantitative estimate of drug-likeness (QED) is 0.380. The number of nitrogens with zero attached hydrogens (tertiary/aromatic N) is 2. The average Bonchev–Trinajstić information content (AvgIpc) is 3.20. The van der Waals surface area contributed by atoms with Gasteiger partial charge in [0.2, 0.25) is 17.5 Å². The number of amides is 2. The highest BCUT2D eigenvalue weighted by molar-refractivity contribution is 7.99. The van der Waals surface area contributed by atoms with E-state index in [-0.39, 0.29) is 60.5 Å². The molecule has 40 heavy (non-hydrogen) atoms. The van der Waals surface area contributed by atoms with Crippen LogP contribution in [0.25, 0.3) is 0 Å². The Morgan fingerprint density at radius 2 is 1.88 bits per heavy atom. The third kappa shape index (κ3) is 3.62. The lowest BCUT2D eigenvalue weighted by atomic mass is 9.76.